The van der Waals surface area contributed by atoms with Crippen molar-refractivity contribution in [1.29, 1.82) is 0 Å². The third kappa shape index (κ3) is 6.50. The van der Waals surface area contributed by atoms with Crippen molar-refractivity contribution in [3.63, 3.8) is 0 Å². The van der Waals surface area contributed by atoms with Crippen molar-refractivity contribution in [2.75, 3.05) is 13.2 Å². The van der Waals surface area contributed by atoms with Crippen LogP contribution >= 0.6 is 0 Å². The molecule has 0 N–H and O–H groups in total. The van der Waals surface area contributed by atoms with Crippen LogP contribution in [0.5, 0.6) is 0 Å². The molecule has 5 heteroatoms. The third-order valence-electron chi connectivity index (χ3n) is 11.4. The molecule has 2 aliphatic carbocycles. The molecule has 2 saturated carbocycles. The molecule has 0 radical (unpaired) electrons. The second-order valence-corrected chi connectivity index (χ2v) is 19.7. The highest BCUT2D eigenvalue weighted by atomic mass is 28.4. The van der Waals surface area contributed by atoms with Crippen LogP contribution in [0.1, 0.15) is 64.9 Å². The standard InChI is InChI=1S/C43H50O4Si/c1-42(2,3)48(36-17-9-5-10-18-36,37-19-11-6-12-20-37)46-31-38-39-27-35(44)29-43(39,30-40(38)47-41-21-13-14-26-45-41)28-32-22-24-34(25-23-32)33-15-7-4-8-16-33/h4-12,15-20,22-25,38-41H,13-14,21,26-31H2,1-3H3/t38-,39-,40-,41?,43+/m1/s1. The normalized spacial score (nSPS) is 26.0. The van der Waals surface area contributed by atoms with E-state index in [-0.39, 0.29) is 34.7 Å². The van der Waals surface area contributed by atoms with Crippen LogP contribution in [0.2, 0.25) is 5.04 Å². The van der Waals surface area contributed by atoms with E-state index in [4.69, 9.17) is 13.9 Å². The lowest BCUT2D eigenvalue weighted by atomic mass is 9.73. The Morgan fingerprint density at radius 3 is 1.98 bits per heavy atom. The molecule has 0 spiro atoms. The SMILES string of the molecule is CC(C)(C)[Si](OC[C@@H]1[C@H]2CC(=O)C[C@@]2(Cc2ccc(-c3ccccc3)cc2)C[C@H]1OC1CCCCO1)(c1ccccc1)c1ccccc1. The van der Waals surface area contributed by atoms with Gasteiger partial charge in [0.15, 0.2) is 6.29 Å². The van der Waals surface area contributed by atoms with E-state index in [9.17, 15) is 4.79 Å². The summed E-state index contributed by atoms with van der Waals surface area (Å²) in [4.78, 5) is 13.4. The number of hydrogen-bond acceptors (Lipinski definition) is 4. The van der Waals surface area contributed by atoms with Gasteiger partial charge >= 0.3 is 0 Å². The Balaban J connectivity index is 1.23. The van der Waals surface area contributed by atoms with Gasteiger partial charge in [0.25, 0.3) is 8.32 Å². The topological polar surface area (TPSA) is 44.8 Å². The minimum atomic E-state index is -2.77. The first kappa shape index (κ1) is 33.2. The lowest BCUT2D eigenvalue weighted by molar-refractivity contribution is -0.198. The second kappa shape index (κ2) is 13.9. The van der Waals surface area contributed by atoms with Gasteiger partial charge in [-0.3, -0.25) is 4.79 Å². The van der Waals surface area contributed by atoms with Crippen molar-refractivity contribution in [2.45, 2.75) is 83.1 Å². The van der Waals surface area contributed by atoms with Gasteiger partial charge in [0.05, 0.1) is 6.10 Å². The van der Waals surface area contributed by atoms with Gasteiger partial charge in [-0.1, -0.05) is 136 Å². The summed E-state index contributed by atoms with van der Waals surface area (Å²) in [7, 11) is -2.77. The van der Waals surface area contributed by atoms with Crippen LogP contribution in [0.15, 0.2) is 115 Å². The van der Waals surface area contributed by atoms with Crippen LogP contribution in [-0.2, 0) is 25.1 Å². The molecule has 250 valence electrons. The maximum atomic E-state index is 13.4. The molecule has 4 nitrogen and oxygen atoms in total. The Morgan fingerprint density at radius 2 is 1.40 bits per heavy atom. The monoisotopic (exact) mass is 658 g/mol. The van der Waals surface area contributed by atoms with Crippen molar-refractivity contribution in [2.24, 2.45) is 17.3 Å². The summed E-state index contributed by atoms with van der Waals surface area (Å²) in [5.74, 6) is 0.682. The molecule has 1 aliphatic heterocycles. The lowest BCUT2D eigenvalue weighted by Crippen LogP contribution is -2.67. The van der Waals surface area contributed by atoms with Gasteiger partial charge in [0, 0.05) is 32.0 Å². The molecular weight excluding hydrogens is 609 g/mol. The van der Waals surface area contributed by atoms with Gasteiger partial charge in [-0.2, -0.15) is 0 Å². The summed E-state index contributed by atoms with van der Waals surface area (Å²) in [5.41, 5.74) is 3.58. The third-order valence-corrected chi connectivity index (χ3v) is 16.4. The molecule has 1 heterocycles. The predicted octanol–water partition coefficient (Wildman–Crippen LogP) is 8.37. The number of fused-ring (bicyclic) bond motifs is 1. The van der Waals surface area contributed by atoms with Crippen molar-refractivity contribution < 1.29 is 18.7 Å². The highest BCUT2D eigenvalue weighted by Gasteiger charge is 2.60. The van der Waals surface area contributed by atoms with E-state index >= 15 is 0 Å². The molecule has 0 aromatic heterocycles. The number of ketones is 1. The number of ether oxygens (including phenoxy) is 2. The van der Waals surface area contributed by atoms with E-state index in [1.165, 1.54) is 27.1 Å². The quantitative estimate of drug-likeness (QED) is 0.161. The molecule has 4 aromatic rings. The Bertz CT molecular complexity index is 1600. The zero-order valence-electron chi connectivity index (χ0n) is 28.8. The van der Waals surface area contributed by atoms with Crippen molar-refractivity contribution in [3.05, 3.63) is 121 Å². The molecule has 1 unspecified atom stereocenters. The number of benzene rings is 4. The molecule has 48 heavy (non-hydrogen) atoms. The fourth-order valence-electron chi connectivity index (χ4n) is 9.18. The molecule has 3 aliphatic rings. The molecule has 3 fully saturated rings. The van der Waals surface area contributed by atoms with Gasteiger partial charge in [-0.25, -0.2) is 0 Å². The van der Waals surface area contributed by atoms with Gasteiger partial charge in [-0.15, -0.1) is 0 Å². The summed E-state index contributed by atoms with van der Waals surface area (Å²) < 4.78 is 20.7. The Morgan fingerprint density at radius 1 is 0.792 bits per heavy atom. The summed E-state index contributed by atoms with van der Waals surface area (Å²) in [6.45, 7) is 8.32. The van der Waals surface area contributed by atoms with Crippen LogP contribution in [0.4, 0.5) is 0 Å². The summed E-state index contributed by atoms with van der Waals surface area (Å²) in [5, 5.41) is 2.43. The highest BCUT2D eigenvalue weighted by molar-refractivity contribution is 6.99. The first-order valence-corrected chi connectivity index (χ1v) is 19.9. The van der Waals surface area contributed by atoms with Gasteiger partial charge in [0.2, 0.25) is 0 Å². The number of hydrogen-bond donors (Lipinski definition) is 0. The number of carbonyl (C=O) groups excluding carboxylic acids is 1. The summed E-state index contributed by atoms with van der Waals surface area (Å²) in [6.07, 6.45) is 5.88. The fraction of sp³-hybridized carbons (Fsp3) is 0.419. The molecular formula is C43H50O4Si. The maximum Gasteiger partial charge on any atom is 0.261 e. The average molecular weight is 659 g/mol. The zero-order chi connectivity index (χ0) is 33.2. The molecule has 0 bridgehead atoms. The predicted molar refractivity (Wildman–Crippen MR) is 196 cm³/mol. The Kier molecular flexibility index (Phi) is 9.58. The highest BCUT2D eigenvalue weighted by Crippen LogP contribution is 2.59. The van der Waals surface area contributed by atoms with Crippen LogP contribution in [0.3, 0.4) is 0 Å². The fourth-order valence-corrected chi connectivity index (χ4v) is 13.8. The Hall–Kier alpha value is -3.35. The average Bonchev–Trinajstić information content (AvgIpc) is 3.55. The van der Waals surface area contributed by atoms with E-state index in [1.54, 1.807) is 0 Å². The second-order valence-electron chi connectivity index (χ2n) is 15.4. The first-order valence-electron chi connectivity index (χ1n) is 18.0. The van der Waals surface area contributed by atoms with Crippen molar-refractivity contribution in [3.8, 4) is 11.1 Å². The smallest absolute Gasteiger partial charge is 0.261 e. The van der Waals surface area contributed by atoms with Crippen LogP contribution in [-0.4, -0.2) is 39.7 Å². The van der Waals surface area contributed by atoms with Gasteiger partial charge in [-0.05, 0) is 75.5 Å². The largest absolute Gasteiger partial charge is 0.407 e. The van der Waals surface area contributed by atoms with Crippen LogP contribution in [0.25, 0.3) is 11.1 Å². The van der Waals surface area contributed by atoms with E-state index in [1.807, 2.05) is 0 Å². The van der Waals surface area contributed by atoms with E-state index in [2.05, 4.69) is 136 Å². The molecule has 4 aromatic carbocycles. The van der Waals surface area contributed by atoms with Crippen molar-refractivity contribution >= 4 is 24.5 Å². The molecule has 1 saturated heterocycles. The minimum absolute atomic E-state index is 0.0204. The van der Waals surface area contributed by atoms with Gasteiger partial charge < -0.3 is 13.9 Å². The van der Waals surface area contributed by atoms with E-state index in [0.717, 1.165) is 38.7 Å². The van der Waals surface area contributed by atoms with Crippen molar-refractivity contribution in [1.82, 2.24) is 0 Å². The summed E-state index contributed by atoms with van der Waals surface area (Å²) in [6, 6.07) is 41.3. The number of carbonyl (C=O) groups is 1. The number of Topliss-reactive ketones (excluding diaryl/α,β-unsaturated/α-hetero) is 1. The van der Waals surface area contributed by atoms with E-state index in [0.29, 0.717) is 25.2 Å². The molecule has 7 rings (SSSR count). The van der Waals surface area contributed by atoms with E-state index < -0.39 is 8.32 Å². The zero-order valence-corrected chi connectivity index (χ0v) is 29.8. The number of rotatable bonds is 10. The maximum absolute atomic E-state index is 13.4. The first-order chi connectivity index (χ1) is 23.3. The minimum Gasteiger partial charge on any atom is -0.407 e. The Labute approximate surface area is 288 Å². The summed E-state index contributed by atoms with van der Waals surface area (Å²) >= 11 is 0. The lowest BCUT2D eigenvalue weighted by Gasteiger charge is -2.44. The molecule has 5 atom stereocenters. The van der Waals surface area contributed by atoms with Gasteiger partial charge in [0.1, 0.15) is 5.78 Å². The van der Waals surface area contributed by atoms with Crippen LogP contribution < -0.4 is 10.4 Å². The molecule has 0 amide bonds. The van der Waals surface area contributed by atoms with Crippen LogP contribution in [0, 0.1) is 17.3 Å².